The lowest BCUT2D eigenvalue weighted by molar-refractivity contribution is 0.237. The predicted molar refractivity (Wildman–Crippen MR) is 71.3 cm³/mol. The van der Waals surface area contributed by atoms with Crippen molar-refractivity contribution in [1.82, 2.24) is 0 Å². The molecule has 94 valence electrons. The van der Waals surface area contributed by atoms with Crippen LogP contribution in [0.1, 0.15) is 39.7 Å². The molecule has 1 saturated carbocycles. The highest BCUT2D eigenvalue weighted by atomic mass is 16.5. The SMILES string of the molecule is CC(C)Oc1ccccc1C1(CN)CC1(C)C. The lowest BCUT2D eigenvalue weighted by Crippen LogP contribution is -2.26. The number of hydrogen-bond acceptors (Lipinski definition) is 2. The molecule has 0 spiro atoms. The first kappa shape index (κ1) is 12.4. The van der Waals surface area contributed by atoms with Crippen molar-refractivity contribution in [2.24, 2.45) is 11.1 Å². The average Bonchev–Trinajstić information content (AvgIpc) is 2.82. The normalized spacial score (nSPS) is 26.0. The molecule has 1 aliphatic rings. The highest BCUT2D eigenvalue weighted by Gasteiger charge is 2.61. The van der Waals surface area contributed by atoms with Gasteiger partial charge in [-0.15, -0.1) is 0 Å². The van der Waals surface area contributed by atoms with Crippen molar-refractivity contribution in [3.63, 3.8) is 0 Å². The Morgan fingerprint density at radius 1 is 1.29 bits per heavy atom. The molecule has 0 aliphatic heterocycles. The van der Waals surface area contributed by atoms with Gasteiger partial charge in [0.1, 0.15) is 5.75 Å². The molecule has 1 aliphatic carbocycles. The van der Waals surface area contributed by atoms with Gasteiger partial charge in [-0.25, -0.2) is 0 Å². The van der Waals surface area contributed by atoms with E-state index in [1.54, 1.807) is 0 Å². The molecule has 2 rings (SSSR count). The fourth-order valence-electron chi connectivity index (χ4n) is 2.85. The lowest BCUT2D eigenvalue weighted by Gasteiger charge is -2.23. The first-order valence-corrected chi connectivity index (χ1v) is 6.39. The van der Waals surface area contributed by atoms with E-state index in [-0.39, 0.29) is 16.9 Å². The third kappa shape index (κ3) is 1.95. The molecule has 2 N–H and O–H groups in total. The maximum absolute atomic E-state index is 6.02. The van der Waals surface area contributed by atoms with Crippen LogP contribution in [0.2, 0.25) is 0 Å². The van der Waals surface area contributed by atoms with Crippen LogP contribution in [0.25, 0.3) is 0 Å². The Kier molecular flexibility index (Phi) is 2.94. The molecule has 17 heavy (non-hydrogen) atoms. The minimum atomic E-state index is 0.110. The van der Waals surface area contributed by atoms with Gasteiger partial charge in [0.15, 0.2) is 0 Å². The van der Waals surface area contributed by atoms with Crippen molar-refractivity contribution in [3.8, 4) is 5.75 Å². The van der Waals surface area contributed by atoms with Gasteiger partial charge < -0.3 is 10.5 Å². The highest BCUT2D eigenvalue weighted by Crippen LogP contribution is 2.65. The molecule has 2 nitrogen and oxygen atoms in total. The summed E-state index contributed by atoms with van der Waals surface area (Å²) in [5.41, 5.74) is 7.70. The maximum Gasteiger partial charge on any atom is 0.123 e. The van der Waals surface area contributed by atoms with Crippen molar-refractivity contribution in [1.29, 1.82) is 0 Å². The highest BCUT2D eigenvalue weighted by molar-refractivity contribution is 5.47. The van der Waals surface area contributed by atoms with Crippen molar-refractivity contribution < 1.29 is 4.74 Å². The average molecular weight is 233 g/mol. The van der Waals surface area contributed by atoms with Gasteiger partial charge >= 0.3 is 0 Å². The number of hydrogen-bond donors (Lipinski definition) is 1. The second-order valence-electron chi connectivity index (χ2n) is 6.01. The molecule has 1 unspecified atom stereocenters. The predicted octanol–water partition coefficient (Wildman–Crippen LogP) is 3.10. The largest absolute Gasteiger partial charge is 0.491 e. The van der Waals surface area contributed by atoms with E-state index in [2.05, 4.69) is 45.9 Å². The minimum Gasteiger partial charge on any atom is -0.491 e. The molecule has 1 aromatic carbocycles. The second kappa shape index (κ2) is 4.02. The Balaban J connectivity index is 2.39. The van der Waals surface area contributed by atoms with Crippen LogP contribution in [0.15, 0.2) is 24.3 Å². The van der Waals surface area contributed by atoms with E-state index in [4.69, 9.17) is 10.5 Å². The number of benzene rings is 1. The number of ether oxygens (including phenoxy) is 1. The molecule has 0 bridgehead atoms. The van der Waals surface area contributed by atoms with Gasteiger partial charge in [0.05, 0.1) is 6.10 Å². The van der Waals surface area contributed by atoms with Crippen LogP contribution >= 0.6 is 0 Å². The molecule has 1 atom stereocenters. The molecule has 0 amide bonds. The van der Waals surface area contributed by atoms with Crippen molar-refractivity contribution in [3.05, 3.63) is 29.8 Å². The van der Waals surface area contributed by atoms with E-state index in [0.717, 1.165) is 12.2 Å². The van der Waals surface area contributed by atoms with Crippen LogP contribution in [0, 0.1) is 5.41 Å². The van der Waals surface area contributed by atoms with Gasteiger partial charge in [0, 0.05) is 17.5 Å². The van der Waals surface area contributed by atoms with Crippen LogP contribution in [-0.2, 0) is 5.41 Å². The Hall–Kier alpha value is -1.02. The molecule has 0 radical (unpaired) electrons. The number of nitrogens with two attached hydrogens (primary N) is 1. The van der Waals surface area contributed by atoms with Gasteiger partial charge in [0.25, 0.3) is 0 Å². The van der Waals surface area contributed by atoms with E-state index in [1.807, 2.05) is 6.07 Å². The first-order chi connectivity index (χ1) is 7.93. The van der Waals surface area contributed by atoms with Crippen LogP contribution < -0.4 is 10.5 Å². The lowest BCUT2D eigenvalue weighted by atomic mass is 9.87. The van der Waals surface area contributed by atoms with E-state index in [9.17, 15) is 0 Å². The summed E-state index contributed by atoms with van der Waals surface area (Å²) < 4.78 is 5.91. The molecule has 0 heterocycles. The summed E-state index contributed by atoms with van der Waals surface area (Å²) in [5.74, 6) is 0.999. The summed E-state index contributed by atoms with van der Waals surface area (Å²) in [6.45, 7) is 9.38. The van der Waals surface area contributed by atoms with Crippen molar-refractivity contribution in [2.75, 3.05) is 6.54 Å². The Morgan fingerprint density at radius 3 is 2.35 bits per heavy atom. The fraction of sp³-hybridized carbons (Fsp3) is 0.600. The Bertz CT molecular complexity index is 411. The van der Waals surface area contributed by atoms with Gasteiger partial charge in [-0.3, -0.25) is 0 Å². The quantitative estimate of drug-likeness (QED) is 0.867. The van der Waals surface area contributed by atoms with Crippen molar-refractivity contribution >= 4 is 0 Å². The zero-order valence-corrected chi connectivity index (χ0v) is 11.3. The van der Waals surface area contributed by atoms with Gasteiger partial charge in [0.2, 0.25) is 0 Å². The van der Waals surface area contributed by atoms with Gasteiger partial charge in [-0.1, -0.05) is 32.0 Å². The van der Waals surface area contributed by atoms with Gasteiger partial charge in [-0.05, 0) is 31.7 Å². The Labute approximate surface area is 104 Å². The second-order valence-corrected chi connectivity index (χ2v) is 6.01. The summed E-state index contributed by atoms with van der Waals surface area (Å²) in [6.07, 6.45) is 1.35. The molecule has 0 saturated heterocycles. The number of rotatable bonds is 4. The maximum atomic E-state index is 6.02. The van der Waals surface area contributed by atoms with E-state index in [1.165, 1.54) is 5.56 Å². The molecular weight excluding hydrogens is 210 g/mol. The van der Waals surface area contributed by atoms with E-state index >= 15 is 0 Å². The minimum absolute atomic E-state index is 0.110. The standard InChI is InChI=1S/C15H23NO/c1-11(2)17-13-8-6-5-7-12(13)15(10-16)9-14(15,3)4/h5-8,11H,9-10,16H2,1-4H3. The molecular formula is C15H23NO. The summed E-state index contributed by atoms with van der Waals surface area (Å²) in [5, 5.41) is 0. The van der Waals surface area contributed by atoms with E-state index < -0.39 is 0 Å². The molecule has 0 aromatic heterocycles. The molecule has 2 heteroatoms. The fourth-order valence-corrected chi connectivity index (χ4v) is 2.85. The zero-order chi connectivity index (χ0) is 12.7. The summed E-state index contributed by atoms with van der Waals surface area (Å²) in [7, 11) is 0. The van der Waals surface area contributed by atoms with E-state index in [0.29, 0.717) is 6.54 Å². The third-order valence-electron chi connectivity index (χ3n) is 4.03. The monoisotopic (exact) mass is 233 g/mol. The zero-order valence-electron chi connectivity index (χ0n) is 11.3. The van der Waals surface area contributed by atoms with Crippen LogP contribution in [-0.4, -0.2) is 12.6 Å². The summed E-state index contributed by atoms with van der Waals surface area (Å²) in [6, 6.07) is 8.33. The molecule has 1 aromatic rings. The topological polar surface area (TPSA) is 35.2 Å². The van der Waals surface area contributed by atoms with Crippen LogP contribution in [0.4, 0.5) is 0 Å². The number of para-hydroxylation sites is 1. The summed E-state index contributed by atoms with van der Waals surface area (Å²) >= 11 is 0. The molecule has 1 fully saturated rings. The third-order valence-corrected chi connectivity index (χ3v) is 4.03. The van der Waals surface area contributed by atoms with Crippen LogP contribution in [0.3, 0.4) is 0 Å². The Morgan fingerprint density at radius 2 is 1.88 bits per heavy atom. The van der Waals surface area contributed by atoms with Crippen molar-refractivity contribution in [2.45, 2.75) is 45.6 Å². The first-order valence-electron chi connectivity index (χ1n) is 6.39. The summed E-state index contributed by atoms with van der Waals surface area (Å²) in [4.78, 5) is 0. The van der Waals surface area contributed by atoms with Crippen LogP contribution in [0.5, 0.6) is 5.75 Å². The van der Waals surface area contributed by atoms with Gasteiger partial charge in [-0.2, -0.15) is 0 Å². The smallest absolute Gasteiger partial charge is 0.123 e.